The molecule has 0 saturated carbocycles. The van der Waals surface area contributed by atoms with Crippen molar-refractivity contribution in [3.63, 3.8) is 0 Å². The van der Waals surface area contributed by atoms with Crippen molar-refractivity contribution in [2.75, 3.05) is 13.7 Å². The first-order chi connectivity index (χ1) is 9.02. The highest BCUT2D eigenvalue weighted by atomic mass is 16.5. The summed E-state index contributed by atoms with van der Waals surface area (Å²) in [7, 11) is 3.17. The summed E-state index contributed by atoms with van der Waals surface area (Å²) >= 11 is 0. The van der Waals surface area contributed by atoms with Crippen LogP contribution in [0.2, 0.25) is 0 Å². The Morgan fingerprint density at radius 1 is 1.58 bits per heavy atom. The first kappa shape index (κ1) is 14.9. The van der Waals surface area contributed by atoms with E-state index >= 15 is 0 Å². The second-order valence-electron chi connectivity index (χ2n) is 3.83. The van der Waals surface area contributed by atoms with Crippen LogP contribution in [0.25, 0.3) is 0 Å². The smallest absolute Gasteiger partial charge is 0.326 e. The van der Waals surface area contributed by atoms with Gasteiger partial charge in [-0.2, -0.15) is 5.10 Å². The van der Waals surface area contributed by atoms with Gasteiger partial charge in [-0.15, -0.1) is 0 Å². The minimum Gasteiger partial charge on any atom is -0.480 e. The van der Waals surface area contributed by atoms with E-state index in [0.717, 1.165) is 0 Å². The Labute approximate surface area is 110 Å². The molecule has 0 spiro atoms. The van der Waals surface area contributed by atoms with Crippen LogP contribution < -0.4 is 10.6 Å². The van der Waals surface area contributed by atoms with Gasteiger partial charge in [0.15, 0.2) is 5.82 Å². The Morgan fingerprint density at radius 2 is 2.32 bits per heavy atom. The molecule has 0 aliphatic carbocycles. The Hall–Kier alpha value is -2.16. The SMILES string of the molecule is COCCC(NC(=O)NCc1ncn(C)n1)C(=O)O. The van der Waals surface area contributed by atoms with Gasteiger partial charge < -0.3 is 20.5 Å². The van der Waals surface area contributed by atoms with E-state index in [0.29, 0.717) is 5.82 Å². The minimum absolute atomic E-state index is 0.128. The molecule has 0 bridgehead atoms. The molecular weight excluding hydrogens is 254 g/mol. The van der Waals surface area contributed by atoms with E-state index in [4.69, 9.17) is 9.84 Å². The van der Waals surface area contributed by atoms with Gasteiger partial charge in [-0.05, 0) is 0 Å². The summed E-state index contributed by atoms with van der Waals surface area (Å²) in [5, 5.41) is 17.7. The summed E-state index contributed by atoms with van der Waals surface area (Å²) in [4.78, 5) is 26.3. The Bertz CT molecular complexity index is 433. The van der Waals surface area contributed by atoms with Gasteiger partial charge in [0, 0.05) is 27.2 Å². The first-order valence-corrected chi connectivity index (χ1v) is 5.63. The van der Waals surface area contributed by atoms with Crippen LogP contribution in [-0.2, 0) is 23.1 Å². The molecule has 0 fully saturated rings. The van der Waals surface area contributed by atoms with Crippen molar-refractivity contribution >= 4 is 12.0 Å². The number of amides is 2. The summed E-state index contributed by atoms with van der Waals surface area (Å²) in [6, 6.07) is -1.58. The molecule has 1 atom stereocenters. The number of carboxylic acid groups (broad SMARTS) is 1. The van der Waals surface area contributed by atoms with Crippen molar-refractivity contribution in [2.24, 2.45) is 7.05 Å². The van der Waals surface area contributed by atoms with E-state index in [1.54, 1.807) is 7.05 Å². The fraction of sp³-hybridized carbons (Fsp3) is 0.600. The first-order valence-electron chi connectivity index (χ1n) is 5.63. The number of rotatable bonds is 7. The lowest BCUT2D eigenvalue weighted by atomic mass is 10.2. The summed E-state index contributed by atoms with van der Waals surface area (Å²) in [6.07, 6.45) is 1.70. The lowest BCUT2D eigenvalue weighted by Crippen LogP contribution is -2.46. The van der Waals surface area contributed by atoms with Crippen LogP contribution in [-0.4, -0.2) is 51.6 Å². The Morgan fingerprint density at radius 3 is 2.84 bits per heavy atom. The number of urea groups is 1. The summed E-state index contributed by atoms with van der Waals surface area (Å²) in [6.45, 7) is 0.377. The van der Waals surface area contributed by atoms with E-state index in [-0.39, 0.29) is 19.6 Å². The number of carbonyl (C=O) groups excluding carboxylic acids is 1. The van der Waals surface area contributed by atoms with E-state index in [1.807, 2.05) is 0 Å². The predicted octanol–water partition coefficient (Wildman–Crippen LogP) is -0.896. The van der Waals surface area contributed by atoms with E-state index in [2.05, 4.69) is 20.7 Å². The molecule has 2 amide bonds. The number of nitrogens with one attached hydrogen (secondary N) is 2. The van der Waals surface area contributed by atoms with Crippen molar-refractivity contribution in [2.45, 2.75) is 19.0 Å². The number of methoxy groups -OCH3 is 1. The molecule has 1 aromatic heterocycles. The van der Waals surface area contributed by atoms with Gasteiger partial charge in [0.2, 0.25) is 0 Å². The number of carbonyl (C=O) groups is 2. The molecule has 9 nitrogen and oxygen atoms in total. The van der Waals surface area contributed by atoms with Gasteiger partial charge in [-0.25, -0.2) is 14.6 Å². The molecule has 9 heteroatoms. The largest absolute Gasteiger partial charge is 0.480 e. The standard InChI is InChI=1S/C10H17N5O4/c1-15-6-12-8(14-15)5-11-10(18)13-7(9(16)17)3-4-19-2/h6-7H,3-5H2,1-2H3,(H,16,17)(H2,11,13,18). The van der Waals surface area contributed by atoms with Crippen LogP contribution in [0.15, 0.2) is 6.33 Å². The zero-order valence-electron chi connectivity index (χ0n) is 10.8. The minimum atomic E-state index is -1.11. The quantitative estimate of drug-likeness (QED) is 0.591. The lowest BCUT2D eigenvalue weighted by molar-refractivity contribution is -0.139. The lowest BCUT2D eigenvalue weighted by Gasteiger charge is -2.14. The number of carboxylic acids is 1. The molecule has 0 radical (unpaired) electrons. The third-order valence-electron chi connectivity index (χ3n) is 2.27. The monoisotopic (exact) mass is 271 g/mol. The van der Waals surface area contributed by atoms with Crippen LogP contribution >= 0.6 is 0 Å². The normalized spacial score (nSPS) is 11.9. The van der Waals surface area contributed by atoms with Gasteiger partial charge in [0.25, 0.3) is 0 Å². The van der Waals surface area contributed by atoms with Crippen LogP contribution in [0.4, 0.5) is 4.79 Å². The van der Waals surface area contributed by atoms with Crippen molar-refractivity contribution in [1.82, 2.24) is 25.4 Å². The molecule has 1 rings (SSSR count). The molecule has 1 heterocycles. The highest BCUT2D eigenvalue weighted by molar-refractivity contribution is 5.82. The van der Waals surface area contributed by atoms with E-state index < -0.39 is 18.0 Å². The van der Waals surface area contributed by atoms with Crippen molar-refractivity contribution < 1.29 is 19.4 Å². The van der Waals surface area contributed by atoms with Gasteiger partial charge in [-0.3, -0.25) is 4.68 Å². The molecule has 1 unspecified atom stereocenters. The average molecular weight is 271 g/mol. The molecular formula is C10H17N5O4. The maximum atomic E-state index is 11.5. The number of aliphatic carboxylic acids is 1. The van der Waals surface area contributed by atoms with Gasteiger partial charge in [-0.1, -0.05) is 0 Å². The third-order valence-corrected chi connectivity index (χ3v) is 2.27. The molecule has 0 aliphatic heterocycles. The van der Waals surface area contributed by atoms with Gasteiger partial charge in [0.05, 0.1) is 6.54 Å². The molecule has 106 valence electrons. The van der Waals surface area contributed by atoms with Crippen LogP contribution in [0.1, 0.15) is 12.2 Å². The number of ether oxygens (including phenoxy) is 1. The second kappa shape index (κ2) is 7.31. The summed E-state index contributed by atoms with van der Waals surface area (Å²) < 4.78 is 6.29. The van der Waals surface area contributed by atoms with Gasteiger partial charge in [0.1, 0.15) is 12.4 Å². The highest BCUT2D eigenvalue weighted by Gasteiger charge is 2.19. The predicted molar refractivity (Wildman–Crippen MR) is 64.3 cm³/mol. The van der Waals surface area contributed by atoms with Crippen LogP contribution in [0, 0.1) is 0 Å². The van der Waals surface area contributed by atoms with Crippen LogP contribution in [0.3, 0.4) is 0 Å². The van der Waals surface area contributed by atoms with E-state index in [1.165, 1.54) is 18.1 Å². The molecule has 0 saturated heterocycles. The summed E-state index contributed by atoms with van der Waals surface area (Å²) in [5.41, 5.74) is 0. The number of aryl methyl sites for hydroxylation is 1. The molecule has 0 aliphatic rings. The number of hydrogen-bond donors (Lipinski definition) is 3. The third kappa shape index (κ3) is 5.34. The van der Waals surface area contributed by atoms with E-state index in [9.17, 15) is 9.59 Å². The molecule has 0 aromatic carbocycles. The fourth-order valence-corrected chi connectivity index (χ4v) is 1.33. The zero-order chi connectivity index (χ0) is 14.3. The van der Waals surface area contributed by atoms with Crippen molar-refractivity contribution in [3.05, 3.63) is 12.2 Å². The average Bonchev–Trinajstić information content (AvgIpc) is 2.77. The number of hydrogen-bond acceptors (Lipinski definition) is 5. The van der Waals surface area contributed by atoms with Crippen molar-refractivity contribution in [3.8, 4) is 0 Å². The fourth-order valence-electron chi connectivity index (χ4n) is 1.33. The zero-order valence-corrected chi connectivity index (χ0v) is 10.8. The highest BCUT2D eigenvalue weighted by Crippen LogP contribution is 1.93. The molecule has 3 N–H and O–H groups in total. The maximum Gasteiger partial charge on any atom is 0.326 e. The summed E-state index contributed by atoms with van der Waals surface area (Å²) in [5.74, 6) is -0.662. The topological polar surface area (TPSA) is 118 Å². The molecule has 1 aromatic rings. The number of aromatic nitrogens is 3. The second-order valence-corrected chi connectivity index (χ2v) is 3.83. The Balaban J connectivity index is 2.37. The maximum absolute atomic E-state index is 11.5. The van der Waals surface area contributed by atoms with Crippen LogP contribution in [0.5, 0.6) is 0 Å². The number of nitrogens with zero attached hydrogens (tertiary/aromatic N) is 3. The van der Waals surface area contributed by atoms with Gasteiger partial charge >= 0.3 is 12.0 Å². The van der Waals surface area contributed by atoms with Crippen molar-refractivity contribution in [1.29, 1.82) is 0 Å². The Kier molecular flexibility index (Phi) is 5.73. The molecule has 19 heavy (non-hydrogen) atoms.